The van der Waals surface area contributed by atoms with Crippen LogP contribution in [0.5, 0.6) is 0 Å². The third-order valence-electron chi connectivity index (χ3n) is 8.79. The summed E-state index contributed by atoms with van der Waals surface area (Å²) in [6.07, 6.45) is 12.4. The van der Waals surface area contributed by atoms with Crippen molar-refractivity contribution >= 4 is 5.97 Å². The third kappa shape index (κ3) is 2.45. The molecule has 4 nitrogen and oxygen atoms in total. The molecule has 0 aromatic carbocycles. The van der Waals surface area contributed by atoms with Crippen molar-refractivity contribution < 1.29 is 20.1 Å². The number of carboxylic acids is 1. The van der Waals surface area contributed by atoms with Crippen molar-refractivity contribution in [3.8, 4) is 0 Å². The number of aliphatic hydroxyl groups excluding tert-OH is 1. The van der Waals surface area contributed by atoms with Crippen molar-refractivity contribution in [1.29, 1.82) is 0 Å². The van der Waals surface area contributed by atoms with E-state index in [-0.39, 0.29) is 16.9 Å². The topological polar surface area (TPSA) is 77.8 Å². The second-order valence-corrected chi connectivity index (χ2v) is 9.75. The summed E-state index contributed by atoms with van der Waals surface area (Å²) >= 11 is 0. The number of fused-ring (bicyclic) bond motifs is 5. The van der Waals surface area contributed by atoms with Crippen LogP contribution in [-0.4, -0.2) is 33.0 Å². The zero-order valence-corrected chi connectivity index (χ0v) is 15.9. The second-order valence-electron chi connectivity index (χ2n) is 9.75. The number of aliphatic hydroxyl groups is 2. The van der Waals surface area contributed by atoms with Crippen LogP contribution in [0.3, 0.4) is 0 Å². The van der Waals surface area contributed by atoms with E-state index in [1.807, 2.05) is 0 Å². The maximum atomic E-state index is 11.3. The normalized spacial score (nSPS) is 50.7. The van der Waals surface area contributed by atoms with Crippen molar-refractivity contribution in [3.05, 3.63) is 23.8 Å². The Morgan fingerprint density at radius 1 is 1.15 bits per heavy atom. The minimum atomic E-state index is -1.01. The van der Waals surface area contributed by atoms with Gasteiger partial charge in [0.15, 0.2) is 0 Å². The number of aliphatic carboxylic acids is 1. The summed E-state index contributed by atoms with van der Waals surface area (Å²) in [6.45, 7) is 4.58. The largest absolute Gasteiger partial charge is 0.478 e. The van der Waals surface area contributed by atoms with Crippen molar-refractivity contribution in [2.45, 2.75) is 76.9 Å². The van der Waals surface area contributed by atoms with E-state index in [0.717, 1.165) is 51.0 Å². The van der Waals surface area contributed by atoms with Gasteiger partial charge in [0.25, 0.3) is 0 Å². The molecule has 0 bridgehead atoms. The lowest BCUT2D eigenvalue weighted by Gasteiger charge is -2.58. The Hall–Kier alpha value is -1.13. The molecule has 3 saturated carbocycles. The molecule has 0 saturated heterocycles. The van der Waals surface area contributed by atoms with Crippen LogP contribution >= 0.6 is 0 Å². The maximum Gasteiger partial charge on any atom is 0.328 e. The van der Waals surface area contributed by atoms with E-state index in [0.29, 0.717) is 24.2 Å². The van der Waals surface area contributed by atoms with Gasteiger partial charge in [0.2, 0.25) is 0 Å². The second kappa shape index (κ2) is 5.93. The van der Waals surface area contributed by atoms with Gasteiger partial charge in [0.05, 0.1) is 11.7 Å². The molecule has 7 atom stereocenters. The van der Waals surface area contributed by atoms with Crippen LogP contribution in [0.15, 0.2) is 23.8 Å². The third-order valence-corrected chi connectivity index (χ3v) is 8.79. The van der Waals surface area contributed by atoms with Gasteiger partial charge in [-0.05, 0) is 80.6 Å². The lowest BCUT2D eigenvalue weighted by Crippen LogP contribution is -2.54. The Morgan fingerprint density at radius 2 is 1.88 bits per heavy atom. The average Bonchev–Trinajstić information content (AvgIpc) is 2.86. The summed E-state index contributed by atoms with van der Waals surface area (Å²) in [7, 11) is 0. The molecule has 4 aliphatic rings. The van der Waals surface area contributed by atoms with Gasteiger partial charge in [-0.3, -0.25) is 0 Å². The Balaban J connectivity index is 1.65. The van der Waals surface area contributed by atoms with E-state index >= 15 is 0 Å². The van der Waals surface area contributed by atoms with Crippen LogP contribution in [-0.2, 0) is 4.79 Å². The molecule has 1 unspecified atom stereocenters. The molecule has 0 radical (unpaired) electrons. The highest BCUT2D eigenvalue weighted by Crippen LogP contribution is 2.67. The van der Waals surface area contributed by atoms with E-state index in [2.05, 4.69) is 19.9 Å². The van der Waals surface area contributed by atoms with Gasteiger partial charge in [-0.1, -0.05) is 25.5 Å². The standard InChI is InChI=1S/C22H32O4/c1-20-9-5-15(23)13-14(20)3-4-16-17(20)6-10-21(2)18(16)7-11-22(21,26)12-8-19(24)25/h3,8,12,15-18,23,26H,4-7,9-11,13H2,1-2H3,(H,24,25)/t15?,16-,17+,18+,20+,21+,22+/m1/s1. The smallest absolute Gasteiger partial charge is 0.328 e. The maximum absolute atomic E-state index is 11.3. The van der Waals surface area contributed by atoms with E-state index in [1.165, 1.54) is 5.57 Å². The fourth-order valence-electron chi connectivity index (χ4n) is 7.18. The lowest BCUT2D eigenvalue weighted by atomic mass is 9.47. The molecule has 0 spiro atoms. The molecule has 4 rings (SSSR count). The van der Waals surface area contributed by atoms with E-state index in [1.54, 1.807) is 6.08 Å². The molecule has 4 heteroatoms. The van der Waals surface area contributed by atoms with E-state index < -0.39 is 11.6 Å². The molecule has 4 aliphatic carbocycles. The fourth-order valence-corrected chi connectivity index (χ4v) is 7.18. The molecule has 144 valence electrons. The molecule has 3 fully saturated rings. The summed E-state index contributed by atoms with van der Waals surface area (Å²) in [6, 6.07) is 0. The summed E-state index contributed by atoms with van der Waals surface area (Å²) in [5, 5.41) is 30.4. The van der Waals surface area contributed by atoms with Crippen LogP contribution < -0.4 is 0 Å². The minimum absolute atomic E-state index is 0.183. The van der Waals surface area contributed by atoms with E-state index in [4.69, 9.17) is 5.11 Å². The number of hydrogen-bond acceptors (Lipinski definition) is 3. The first kappa shape index (κ1) is 18.2. The first-order valence-electron chi connectivity index (χ1n) is 10.2. The van der Waals surface area contributed by atoms with Crippen LogP contribution in [0.2, 0.25) is 0 Å². The predicted molar refractivity (Wildman–Crippen MR) is 99.4 cm³/mol. The Bertz CT molecular complexity index is 667. The van der Waals surface area contributed by atoms with Gasteiger partial charge in [0, 0.05) is 11.5 Å². The van der Waals surface area contributed by atoms with Gasteiger partial charge >= 0.3 is 5.97 Å². The van der Waals surface area contributed by atoms with Gasteiger partial charge in [-0.15, -0.1) is 0 Å². The average molecular weight is 360 g/mol. The number of carboxylic acid groups (broad SMARTS) is 1. The molecule has 0 aromatic heterocycles. The van der Waals surface area contributed by atoms with Gasteiger partial charge in [-0.25, -0.2) is 4.79 Å². The summed E-state index contributed by atoms with van der Waals surface area (Å²) in [4.78, 5) is 11.0. The quantitative estimate of drug-likeness (QED) is 0.518. The summed E-state index contributed by atoms with van der Waals surface area (Å²) < 4.78 is 0. The van der Waals surface area contributed by atoms with Crippen LogP contribution in [0.1, 0.15) is 65.2 Å². The van der Waals surface area contributed by atoms with Crippen LogP contribution in [0.4, 0.5) is 0 Å². The number of allylic oxidation sites excluding steroid dienone is 1. The minimum Gasteiger partial charge on any atom is -0.478 e. The number of hydrogen-bond donors (Lipinski definition) is 3. The summed E-state index contributed by atoms with van der Waals surface area (Å²) in [5.41, 5.74) is 0.409. The lowest BCUT2D eigenvalue weighted by molar-refractivity contribution is -0.131. The van der Waals surface area contributed by atoms with Gasteiger partial charge < -0.3 is 15.3 Å². The number of rotatable bonds is 2. The van der Waals surface area contributed by atoms with Gasteiger partial charge in [-0.2, -0.15) is 0 Å². The Kier molecular flexibility index (Phi) is 4.16. The molecule has 0 aliphatic heterocycles. The van der Waals surface area contributed by atoms with E-state index in [9.17, 15) is 15.0 Å². The van der Waals surface area contributed by atoms with Crippen molar-refractivity contribution in [1.82, 2.24) is 0 Å². The fraction of sp³-hybridized carbons (Fsp3) is 0.773. The highest BCUT2D eigenvalue weighted by molar-refractivity contribution is 5.80. The Morgan fingerprint density at radius 3 is 2.62 bits per heavy atom. The first-order valence-corrected chi connectivity index (χ1v) is 10.2. The van der Waals surface area contributed by atoms with Gasteiger partial charge in [0.1, 0.15) is 0 Å². The van der Waals surface area contributed by atoms with Crippen molar-refractivity contribution in [3.63, 3.8) is 0 Å². The van der Waals surface area contributed by atoms with Crippen molar-refractivity contribution in [2.24, 2.45) is 28.6 Å². The molecule has 0 aromatic rings. The SMILES string of the molecule is C[C@]12CCC(O)CC1=CC[C@@H]1[C@@H]2CC[C@@]2(C)[C@H]1CC[C@]2(O)C=CC(=O)O. The predicted octanol–water partition coefficient (Wildman–Crippen LogP) is 3.68. The highest BCUT2D eigenvalue weighted by atomic mass is 16.4. The zero-order valence-electron chi connectivity index (χ0n) is 15.9. The Labute approximate surface area is 156 Å². The number of carbonyl (C=O) groups is 1. The van der Waals surface area contributed by atoms with Crippen molar-refractivity contribution in [2.75, 3.05) is 0 Å². The zero-order chi connectivity index (χ0) is 18.7. The van der Waals surface area contributed by atoms with Crippen LogP contribution in [0, 0.1) is 28.6 Å². The highest BCUT2D eigenvalue weighted by Gasteiger charge is 2.62. The molecule has 0 heterocycles. The molecular weight excluding hydrogens is 328 g/mol. The molecule has 3 N–H and O–H groups in total. The molecule has 26 heavy (non-hydrogen) atoms. The monoisotopic (exact) mass is 360 g/mol. The summed E-state index contributed by atoms with van der Waals surface area (Å²) in [5.74, 6) is 0.632. The molecular formula is C22H32O4. The molecule has 0 amide bonds. The van der Waals surface area contributed by atoms with Crippen LogP contribution in [0.25, 0.3) is 0 Å². The first-order chi connectivity index (χ1) is 12.2.